The molecule has 0 aliphatic carbocycles. The van der Waals surface area contributed by atoms with Gasteiger partial charge in [0, 0.05) is 10.5 Å². The SMILES string of the molecule is Fc1cc(F)cc(-c2cccc(Br)c2)c1. The molecule has 0 aromatic heterocycles. The summed E-state index contributed by atoms with van der Waals surface area (Å²) in [6, 6.07) is 10.8. The van der Waals surface area contributed by atoms with Crippen LogP contribution in [0.3, 0.4) is 0 Å². The molecule has 2 aromatic rings. The van der Waals surface area contributed by atoms with Crippen molar-refractivity contribution >= 4 is 15.9 Å². The second kappa shape index (κ2) is 4.11. The van der Waals surface area contributed by atoms with Gasteiger partial charge in [0.2, 0.25) is 0 Å². The Balaban J connectivity index is 2.54. The third-order valence-corrected chi connectivity index (χ3v) is 2.51. The lowest BCUT2D eigenvalue weighted by Crippen LogP contribution is -1.83. The van der Waals surface area contributed by atoms with Crippen molar-refractivity contribution in [1.29, 1.82) is 0 Å². The van der Waals surface area contributed by atoms with Gasteiger partial charge in [-0.1, -0.05) is 28.1 Å². The van der Waals surface area contributed by atoms with E-state index in [2.05, 4.69) is 15.9 Å². The van der Waals surface area contributed by atoms with Crippen LogP contribution < -0.4 is 0 Å². The Morgan fingerprint density at radius 1 is 0.800 bits per heavy atom. The third-order valence-electron chi connectivity index (χ3n) is 2.02. The molecule has 3 heteroatoms. The maximum atomic E-state index is 13.0. The van der Waals surface area contributed by atoms with Gasteiger partial charge in [-0.3, -0.25) is 0 Å². The molecule has 0 fully saturated rings. The summed E-state index contributed by atoms with van der Waals surface area (Å²) in [5.41, 5.74) is 1.32. The van der Waals surface area contributed by atoms with Gasteiger partial charge in [0.05, 0.1) is 0 Å². The highest BCUT2D eigenvalue weighted by Crippen LogP contribution is 2.24. The van der Waals surface area contributed by atoms with Crippen molar-refractivity contribution in [3.05, 3.63) is 58.6 Å². The number of benzene rings is 2. The zero-order chi connectivity index (χ0) is 10.8. The number of rotatable bonds is 1. The van der Waals surface area contributed by atoms with Gasteiger partial charge in [0.15, 0.2) is 0 Å². The van der Waals surface area contributed by atoms with Crippen molar-refractivity contribution in [3.63, 3.8) is 0 Å². The van der Waals surface area contributed by atoms with E-state index < -0.39 is 11.6 Å². The highest BCUT2D eigenvalue weighted by atomic mass is 79.9. The summed E-state index contributed by atoms with van der Waals surface area (Å²) in [6.07, 6.45) is 0. The van der Waals surface area contributed by atoms with Gasteiger partial charge >= 0.3 is 0 Å². The average Bonchev–Trinajstić information content (AvgIpc) is 2.16. The van der Waals surface area contributed by atoms with Crippen LogP contribution in [0.15, 0.2) is 46.9 Å². The molecule has 0 aliphatic heterocycles. The Kier molecular flexibility index (Phi) is 2.82. The molecule has 2 rings (SSSR count). The minimum absolute atomic E-state index is 0.536. The predicted octanol–water partition coefficient (Wildman–Crippen LogP) is 4.39. The van der Waals surface area contributed by atoms with Crippen molar-refractivity contribution < 1.29 is 8.78 Å². The topological polar surface area (TPSA) is 0 Å². The lowest BCUT2D eigenvalue weighted by atomic mass is 10.1. The summed E-state index contributed by atoms with van der Waals surface area (Å²) in [5.74, 6) is -1.13. The van der Waals surface area contributed by atoms with Gasteiger partial charge in [-0.25, -0.2) is 8.78 Å². The molecule has 0 radical (unpaired) electrons. The zero-order valence-electron chi connectivity index (χ0n) is 7.68. The van der Waals surface area contributed by atoms with E-state index in [-0.39, 0.29) is 0 Å². The standard InChI is InChI=1S/C12H7BrF2/c13-10-3-1-2-8(4-10)9-5-11(14)7-12(15)6-9/h1-7H. The van der Waals surface area contributed by atoms with E-state index in [1.807, 2.05) is 18.2 Å². The van der Waals surface area contributed by atoms with Crippen LogP contribution in [0.2, 0.25) is 0 Å². The first-order valence-corrected chi connectivity index (χ1v) is 5.16. The molecular formula is C12H7BrF2. The van der Waals surface area contributed by atoms with Crippen LogP contribution in [0.5, 0.6) is 0 Å². The molecule has 0 spiro atoms. The Morgan fingerprint density at radius 3 is 2.07 bits per heavy atom. The molecule has 0 aliphatic rings. The van der Waals surface area contributed by atoms with Gasteiger partial charge in [-0.15, -0.1) is 0 Å². The van der Waals surface area contributed by atoms with Crippen LogP contribution in [-0.4, -0.2) is 0 Å². The molecule has 0 heterocycles. The number of hydrogen-bond donors (Lipinski definition) is 0. The first-order chi connectivity index (χ1) is 7.15. The first kappa shape index (κ1) is 10.3. The average molecular weight is 269 g/mol. The van der Waals surface area contributed by atoms with Crippen molar-refractivity contribution in [2.24, 2.45) is 0 Å². The summed E-state index contributed by atoms with van der Waals surface area (Å²) in [5, 5.41) is 0. The molecule has 15 heavy (non-hydrogen) atoms. The van der Waals surface area contributed by atoms with Crippen molar-refractivity contribution in [2.45, 2.75) is 0 Å². The monoisotopic (exact) mass is 268 g/mol. The predicted molar refractivity (Wildman–Crippen MR) is 59.5 cm³/mol. The number of hydrogen-bond acceptors (Lipinski definition) is 0. The fraction of sp³-hybridized carbons (Fsp3) is 0. The number of halogens is 3. The summed E-state index contributed by atoms with van der Waals surface area (Å²) in [7, 11) is 0. The van der Waals surface area contributed by atoms with E-state index in [4.69, 9.17) is 0 Å². The highest BCUT2D eigenvalue weighted by Gasteiger charge is 2.03. The molecule has 0 amide bonds. The van der Waals surface area contributed by atoms with Gasteiger partial charge < -0.3 is 0 Å². The minimum atomic E-state index is -0.565. The quantitative estimate of drug-likeness (QED) is 0.720. The van der Waals surface area contributed by atoms with Crippen LogP contribution in [0.1, 0.15) is 0 Å². The van der Waals surface area contributed by atoms with Crippen LogP contribution >= 0.6 is 15.9 Å². The Hall–Kier alpha value is -1.22. The molecule has 0 saturated heterocycles. The summed E-state index contributed by atoms with van der Waals surface area (Å²) < 4.78 is 26.8. The lowest BCUT2D eigenvalue weighted by Gasteiger charge is -2.02. The van der Waals surface area contributed by atoms with E-state index in [9.17, 15) is 8.78 Å². The fourth-order valence-corrected chi connectivity index (χ4v) is 1.79. The highest BCUT2D eigenvalue weighted by molar-refractivity contribution is 9.10. The maximum Gasteiger partial charge on any atom is 0.126 e. The van der Waals surface area contributed by atoms with E-state index in [0.717, 1.165) is 16.1 Å². The van der Waals surface area contributed by atoms with Gasteiger partial charge in [0.25, 0.3) is 0 Å². The lowest BCUT2D eigenvalue weighted by molar-refractivity contribution is 0.584. The first-order valence-electron chi connectivity index (χ1n) is 4.37. The van der Waals surface area contributed by atoms with Crippen LogP contribution in [0.25, 0.3) is 11.1 Å². The van der Waals surface area contributed by atoms with Gasteiger partial charge in [0.1, 0.15) is 11.6 Å². The normalized spacial score (nSPS) is 10.3. The smallest absolute Gasteiger partial charge is 0.126 e. The van der Waals surface area contributed by atoms with Crippen LogP contribution in [0, 0.1) is 11.6 Å². The summed E-state index contributed by atoms with van der Waals surface area (Å²) in [6.45, 7) is 0. The van der Waals surface area contributed by atoms with Crippen molar-refractivity contribution in [1.82, 2.24) is 0 Å². The molecule has 0 nitrogen and oxygen atoms in total. The molecule has 0 atom stereocenters. The second-order valence-corrected chi connectivity index (χ2v) is 4.08. The van der Waals surface area contributed by atoms with E-state index in [1.54, 1.807) is 6.07 Å². The molecule has 0 saturated carbocycles. The second-order valence-electron chi connectivity index (χ2n) is 3.17. The molecule has 0 unspecified atom stereocenters. The Morgan fingerprint density at radius 2 is 1.47 bits per heavy atom. The summed E-state index contributed by atoms with van der Waals surface area (Å²) >= 11 is 3.31. The fourth-order valence-electron chi connectivity index (χ4n) is 1.39. The Labute approximate surface area is 94.7 Å². The molecular weight excluding hydrogens is 262 g/mol. The van der Waals surface area contributed by atoms with Crippen molar-refractivity contribution in [2.75, 3.05) is 0 Å². The largest absolute Gasteiger partial charge is 0.207 e. The Bertz CT molecular complexity index is 474. The zero-order valence-corrected chi connectivity index (χ0v) is 9.26. The molecule has 0 bridgehead atoms. The van der Waals surface area contributed by atoms with Crippen LogP contribution in [-0.2, 0) is 0 Å². The van der Waals surface area contributed by atoms with Crippen molar-refractivity contribution in [3.8, 4) is 11.1 Å². The summed E-state index contributed by atoms with van der Waals surface area (Å²) in [4.78, 5) is 0. The van der Waals surface area contributed by atoms with E-state index in [1.165, 1.54) is 12.1 Å². The van der Waals surface area contributed by atoms with Crippen LogP contribution in [0.4, 0.5) is 8.78 Å². The van der Waals surface area contributed by atoms with Gasteiger partial charge in [-0.2, -0.15) is 0 Å². The minimum Gasteiger partial charge on any atom is -0.207 e. The third kappa shape index (κ3) is 2.42. The maximum absolute atomic E-state index is 13.0. The van der Waals surface area contributed by atoms with Gasteiger partial charge in [-0.05, 0) is 35.4 Å². The van der Waals surface area contributed by atoms with E-state index >= 15 is 0 Å². The molecule has 0 N–H and O–H groups in total. The molecule has 2 aromatic carbocycles. The molecule has 76 valence electrons. The van der Waals surface area contributed by atoms with E-state index in [0.29, 0.717) is 5.56 Å².